The summed E-state index contributed by atoms with van der Waals surface area (Å²) in [6, 6.07) is 0. The number of carboxylic acids is 1. The molecule has 0 spiro atoms. The van der Waals surface area contributed by atoms with Crippen LogP contribution in [0.1, 0.15) is 54.0 Å². The van der Waals surface area contributed by atoms with Crippen molar-refractivity contribution < 1.29 is 9.90 Å². The van der Waals surface area contributed by atoms with Crippen LogP contribution in [-0.4, -0.2) is 34.0 Å². The zero-order chi connectivity index (χ0) is 13.0. The van der Waals surface area contributed by atoms with E-state index in [1.54, 1.807) is 0 Å². The van der Waals surface area contributed by atoms with Crippen molar-refractivity contribution in [3.05, 3.63) is 15.6 Å². The first kappa shape index (κ1) is 14.1. The van der Waals surface area contributed by atoms with Crippen molar-refractivity contribution in [2.45, 2.75) is 40.2 Å². The Bertz CT molecular complexity index is 384. The molecule has 0 aliphatic rings. The molecule has 0 aliphatic heterocycles. The molecule has 1 aromatic rings. The molecule has 0 amide bonds. The number of hydrogen-bond acceptors (Lipinski definition) is 4. The predicted octanol–water partition coefficient (Wildman–Crippen LogP) is 2.81. The van der Waals surface area contributed by atoms with E-state index in [1.165, 1.54) is 11.3 Å². The largest absolute Gasteiger partial charge is 0.477 e. The first-order valence-corrected chi connectivity index (χ1v) is 6.76. The molecule has 0 saturated heterocycles. The summed E-state index contributed by atoms with van der Waals surface area (Å²) >= 11 is 1.30. The van der Waals surface area contributed by atoms with Crippen LogP contribution in [-0.2, 0) is 6.54 Å². The van der Waals surface area contributed by atoms with Crippen molar-refractivity contribution in [2.24, 2.45) is 0 Å². The third kappa shape index (κ3) is 3.51. The van der Waals surface area contributed by atoms with Gasteiger partial charge in [0.2, 0.25) is 0 Å². The maximum absolute atomic E-state index is 11.1. The van der Waals surface area contributed by atoms with E-state index in [2.05, 4.69) is 23.7 Å². The number of aromatic nitrogens is 1. The van der Waals surface area contributed by atoms with E-state index in [9.17, 15) is 4.79 Å². The smallest absolute Gasteiger partial charge is 0.347 e. The Kier molecular flexibility index (Phi) is 5.08. The van der Waals surface area contributed by atoms with E-state index in [0.717, 1.165) is 24.6 Å². The fourth-order valence-corrected chi connectivity index (χ4v) is 2.73. The van der Waals surface area contributed by atoms with Crippen molar-refractivity contribution in [2.75, 3.05) is 13.1 Å². The lowest BCUT2D eigenvalue weighted by Gasteiger charge is -2.15. The SMILES string of the molecule is CCN(CC)Cc1nc(C(C)C)c(C(=O)O)s1. The quantitative estimate of drug-likeness (QED) is 0.850. The maximum atomic E-state index is 11.1. The van der Waals surface area contributed by atoms with E-state index >= 15 is 0 Å². The van der Waals surface area contributed by atoms with E-state index in [4.69, 9.17) is 5.11 Å². The molecule has 0 unspecified atom stereocenters. The molecule has 0 atom stereocenters. The minimum absolute atomic E-state index is 0.155. The van der Waals surface area contributed by atoms with Gasteiger partial charge in [-0.05, 0) is 19.0 Å². The molecule has 0 aromatic carbocycles. The standard InChI is InChI=1S/C12H20N2O2S/c1-5-14(6-2)7-9-13-10(8(3)4)11(17-9)12(15)16/h8H,5-7H2,1-4H3,(H,15,16). The van der Waals surface area contributed by atoms with E-state index in [-0.39, 0.29) is 5.92 Å². The normalized spacial score (nSPS) is 11.4. The van der Waals surface area contributed by atoms with Gasteiger partial charge in [0.25, 0.3) is 0 Å². The van der Waals surface area contributed by atoms with Crippen molar-refractivity contribution in [1.82, 2.24) is 9.88 Å². The van der Waals surface area contributed by atoms with Gasteiger partial charge < -0.3 is 5.11 Å². The second-order valence-corrected chi connectivity index (χ2v) is 5.33. The Morgan fingerprint density at radius 2 is 2.00 bits per heavy atom. The number of hydrogen-bond donors (Lipinski definition) is 1. The van der Waals surface area contributed by atoms with Gasteiger partial charge in [0.1, 0.15) is 9.88 Å². The van der Waals surface area contributed by atoms with Gasteiger partial charge in [-0.2, -0.15) is 0 Å². The summed E-state index contributed by atoms with van der Waals surface area (Å²) in [5.41, 5.74) is 0.713. The number of thiazole rings is 1. The molecule has 0 aliphatic carbocycles. The molecule has 17 heavy (non-hydrogen) atoms. The average molecular weight is 256 g/mol. The summed E-state index contributed by atoms with van der Waals surface area (Å²) in [6.07, 6.45) is 0. The van der Waals surface area contributed by atoms with Gasteiger partial charge in [0.05, 0.1) is 12.2 Å². The molecule has 0 fully saturated rings. The Hall–Kier alpha value is -0.940. The molecule has 1 heterocycles. The highest BCUT2D eigenvalue weighted by molar-refractivity contribution is 7.13. The lowest BCUT2D eigenvalue weighted by Crippen LogP contribution is -2.21. The van der Waals surface area contributed by atoms with E-state index in [1.807, 2.05) is 13.8 Å². The fraction of sp³-hybridized carbons (Fsp3) is 0.667. The topological polar surface area (TPSA) is 53.4 Å². The van der Waals surface area contributed by atoms with Crippen LogP contribution >= 0.6 is 11.3 Å². The maximum Gasteiger partial charge on any atom is 0.347 e. The highest BCUT2D eigenvalue weighted by Gasteiger charge is 2.20. The lowest BCUT2D eigenvalue weighted by atomic mass is 10.1. The molecular formula is C12H20N2O2S. The van der Waals surface area contributed by atoms with Gasteiger partial charge in [-0.1, -0.05) is 27.7 Å². The molecule has 0 bridgehead atoms. The van der Waals surface area contributed by atoms with Gasteiger partial charge in [-0.15, -0.1) is 11.3 Å². The molecule has 96 valence electrons. The molecule has 1 rings (SSSR count). The summed E-state index contributed by atoms with van der Waals surface area (Å²) in [7, 11) is 0. The second-order valence-electron chi connectivity index (χ2n) is 4.24. The number of nitrogens with zero attached hydrogens (tertiary/aromatic N) is 2. The summed E-state index contributed by atoms with van der Waals surface area (Å²) in [5, 5.41) is 10.0. The third-order valence-corrected chi connectivity index (χ3v) is 3.74. The minimum Gasteiger partial charge on any atom is -0.477 e. The predicted molar refractivity (Wildman–Crippen MR) is 69.8 cm³/mol. The fourth-order valence-electron chi connectivity index (χ4n) is 1.63. The molecule has 1 N–H and O–H groups in total. The van der Waals surface area contributed by atoms with Crippen LogP contribution in [0.2, 0.25) is 0 Å². The van der Waals surface area contributed by atoms with Gasteiger partial charge in [-0.25, -0.2) is 9.78 Å². The zero-order valence-corrected chi connectivity index (χ0v) is 11.7. The minimum atomic E-state index is -0.864. The van der Waals surface area contributed by atoms with Crippen LogP contribution in [0.25, 0.3) is 0 Å². The highest BCUT2D eigenvalue weighted by Crippen LogP contribution is 2.25. The number of aromatic carboxylic acids is 1. The summed E-state index contributed by atoms with van der Waals surface area (Å²) in [4.78, 5) is 18.2. The number of carboxylic acid groups (broad SMARTS) is 1. The Balaban J connectivity index is 2.95. The van der Waals surface area contributed by atoms with Gasteiger partial charge >= 0.3 is 5.97 Å². The Labute approximate surface area is 106 Å². The van der Waals surface area contributed by atoms with Crippen LogP contribution in [0.5, 0.6) is 0 Å². The van der Waals surface area contributed by atoms with Crippen LogP contribution in [0, 0.1) is 0 Å². The van der Waals surface area contributed by atoms with Gasteiger partial charge in [0, 0.05) is 0 Å². The van der Waals surface area contributed by atoms with Gasteiger partial charge in [0.15, 0.2) is 0 Å². The van der Waals surface area contributed by atoms with Crippen LogP contribution in [0.15, 0.2) is 0 Å². The van der Waals surface area contributed by atoms with Crippen LogP contribution in [0.3, 0.4) is 0 Å². The molecular weight excluding hydrogens is 236 g/mol. The van der Waals surface area contributed by atoms with Crippen LogP contribution < -0.4 is 0 Å². The molecule has 5 heteroatoms. The van der Waals surface area contributed by atoms with Crippen molar-refractivity contribution in [3.8, 4) is 0 Å². The van der Waals surface area contributed by atoms with Crippen molar-refractivity contribution in [3.63, 3.8) is 0 Å². The number of carbonyl (C=O) groups is 1. The Morgan fingerprint density at radius 3 is 2.35 bits per heavy atom. The lowest BCUT2D eigenvalue weighted by molar-refractivity contribution is 0.0700. The van der Waals surface area contributed by atoms with Gasteiger partial charge in [-0.3, -0.25) is 4.90 Å². The molecule has 4 nitrogen and oxygen atoms in total. The molecule has 1 aromatic heterocycles. The first-order chi connectivity index (χ1) is 7.99. The average Bonchev–Trinajstić information content (AvgIpc) is 2.70. The van der Waals surface area contributed by atoms with E-state index in [0.29, 0.717) is 10.6 Å². The first-order valence-electron chi connectivity index (χ1n) is 5.94. The highest BCUT2D eigenvalue weighted by atomic mass is 32.1. The molecule has 0 radical (unpaired) electrons. The summed E-state index contributed by atoms with van der Waals surface area (Å²) in [6.45, 7) is 10.8. The van der Waals surface area contributed by atoms with Crippen molar-refractivity contribution in [1.29, 1.82) is 0 Å². The van der Waals surface area contributed by atoms with Crippen LogP contribution in [0.4, 0.5) is 0 Å². The summed E-state index contributed by atoms with van der Waals surface area (Å²) in [5.74, 6) is -0.709. The molecule has 0 saturated carbocycles. The Morgan fingerprint density at radius 1 is 1.41 bits per heavy atom. The second kappa shape index (κ2) is 6.12. The van der Waals surface area contributed by atoms with E-state index < -0.39 is 5.97 Å². The van der Waals surface area contributed by atoms with Crippen molar-refractivity contribution >= 4 is 17.3 Å². The third-order valence-electron chi connectivity index (χ3n) is 2.69. The summed E-state index contributed by atoms with van der Waals surface area (Å²) < 4.78 is 0. The zero-order valence-electron chi connectivity index (χ0n) is 10.9. The number of rotatable bonds is 6. The monoisotopic (exact) mass is 256 g/mol.